The van der Waals surface area contributed by atoms with Crippen LogP contribution in [0.4, 0.5) is 5.69 Å². The summed E-state index contributed by atoms with van der Waals surface area (Å²) < 4.78 is 1.79. The molecule has 0 aliphatic carbocycles. The molecule has 0 radical (unpaired) electrons. The fraction of sp³-hybridized carbons (Fsp3) is 0.115. The van der Waals surface area contributed by atoms with E-state index in [0.29, 0.717) is 38.0 Å². The molecule has 8 nitrogen and oxygen atoms in total. The molecule has 1 N–H and O–H groups in total. The standard InChI is InChI=1S/C26H21Cl2N5O3S/c1-17-3-2-4-19(13-17)16-37-26-31-30-24(32(26)23-14-20(27)8-11-22(23)28)15-29-25(34)12-7-18-5-9-21(10-6-18)33(35)36/h2-14H,15-16H2,1H3,(H,29,34). The first kappa shape index (κ1) is 26.4. The van der Waals surface area contributed by atoms with Crippen molar-refractivity contribution in [1.82, 2.24) is 20.1 Å². The van der Waals surface area contributed by atoms with Gasteiger partial charge >= 0.3 is 0 Å². The predicted molar refractivity (Wildman–Crippen MR) is 146 cm³/mol. The summed E-state index contributed by atoms with van der Waals surface area (Å²) in [5.74, 6) is 0.787. The van der Waals surface area contributed by atoms with Crippen LogP contribution in [-0.2, 0) is 17.1 Å². The Morgan fingerprint density at radius 3 is 2.62 bits per heavy atom. The molecule has 0 saturated heterocycles. The molecular formula is C26H21Cl2N5O3S. The number of nitrogens with one attached hydrogen (secondary N) is 1. The number of carbonyl (C=O) groups is 1. The third-order valence-electron chi connectivity index (χ3n) is 5.25. The first-order chi connectivity index (χ1) is 17.8. The van der Waals surface area contributed by atoms with Crippen molar-refractivity contribution in [3.05, 3.63) is 115 Å². The monoisotopic (exact) mass is 553 g/mol. The lowest BCUT2D eigenvalue weighted by molar-refractivity contribution is -0.384. The average molecular weight is 554 g/mol. The number of aryl methyl sites for hydroxylation is 1. The highest BCUT2D eigenvalue weighted by molar-refractivity contribution is 7.98. The minimum absolute atomic E-state index is 0.0170. The van der Waals surface area contributed by atoms with E-state index in [1.807, 2.05) is 25.1 Å². The quantitative estimate of drug-likeness (QED) is 0.111. The van der Waals surface area contributed by atoms with Crippen LogP contribution in [-0.4, -0.2) is 25.6 Å². The van der Waals surface area contributed by atoms with Crippen LogP contribution in [0, 0.1) is 17.0 Å². The van der Waals surface area contributed by atoms with Gasteiger partial charge in [0.2, 0.25) is 5.91 Å². The van der Waals surface area contributed by atoms with Crippen molar-refractivity contribution in [2.75, 3.05) is 0 Å². The van der Waals surface area contributed by atoms with Crippen LogP contribution in [0.15, 0.2) is 78.0 Å². The van der Waals surface area contributed by atoms with Crippen molar-refractivity contribution >= 4 is 52.6 Å². The number of nitro groups is 1. The van der Waals surface area contributed by atoms with Crippen LogP contribution in [0.3, 0.4) is 0 Å². The maximum Gasteiger partial charge on any atom is 0.269 e. The lowest BCUT2D eigenvalue weighted by Gasteiger charge is -2.13. The molecule has 0 atom stereocenters. The molecule has 0 fully saturated rings. The second kappa shape index (κ2) is 12.1. The van der Waals surface area contributed by atoms with E-state index in [4.69, 9.17) is 23.2 Å². The van der Waals surface area contributed by atoms with Gasteiger partial charge in [-0.1, -0.05) is 64.8 Å². The molecule has 11 heteroatoms. The molecule has 4 rings (SSSR count). The summed E-state index contributed by atoms with van der Waals surface area (Å²) in [4.78, 5) is 22.8. The Hall–Kier alpha value is -3.66. The number of hydrogen-bond donors (Lipinski definition) is 1. The van der Waals surface area contributed by atoms with Crippen molar-refractivity contribution < 1.29 is 9.72 Å². The molecule has 3 aromatic carbocycles. The second-order valence-corrected chi connectivity index (χ2v) is 9.79. The summed E-state index contributed by atoms with van der Waals surface area (Å²) in [6, 6.07) is 19.2. The van der Waals surface area contributed by atoms with E-state index in [1.54, 1.807) is 41.0 Å². The molecule has 37 heavy (non-hydrogen) atoms. The van der Waals surface area contributed by atoms with Gasteiger partial charge in [-0.25, -0.2) is 0 Å². The SMILES string of the molecule is Cc1cccc(CSc2nnc(CNC(=O)C=Cc3ccc([N+](=O)[O-])cc3)n2-c2cc(Cl)ccc2Cl)c1. The Balaban J connectivity index is 1.52. The zero-order valence-corrected chi connectivity index (χ0v) is 21.9. The fourth-order valence-electron chi connectivity index (χ4n) is 3.46. The molecule has 0 saturated carbocycles. The van der Waals surface area contributed by atoms with Gasteiger partial charge in [0.15, 0.2) is 11.0 Å². The average Bonchev–Trinajstić information content (AvgIpc) is 3.29. The Morgan fingerprint density at radius 1 is 1.11 bits per heavy atom. The minimum Gasteiger partial charge on any atom is -0.345 e. The van der Waals surface area contributed by atoms with Crippen LogP contribution in [0.2, 0.25) is 10.0 Å². The van der Waals surface area contributed by atoms with E-state index in [-0.39, 0.29) is 18.1 Å². The molecule has 0 aliphatic heterocycles. The summed E-state index contributed by atoms with van der Waals surface area (Å²) >= 11 is 14.2. The number of amides is 1. The van der Waals surface area contributed by atoms with Gasteiger partial charge < -0.3 is 5.32 Å². The topological polar surface area (TPSA) is 103 Å². The van der Waals surface area contributed by atoms with Crippen molar-refractivity contribution in [2.45, 2.75) is 24.4 Å². The van der Waals surface area contributed by atoms with Crippen LogP contribution in [0.5, 0.6) is 0 Å². The Labute approximate surface area is 227 Å². The van der Waals surface area contributed by atoms with Gasteiger partial charge in [-0.05, 0) is 54.5 Å². The largest absolute Gasteiger partial charge is 0.345 e. The molecule has 0 spiro atoms. The number of rotatable bonds is 9. The highest BCUT2D eigenvalue weighted by Crippen LogP contribution is 2.31. The molecule has 4 aromatic rings. The number of benzene rings is 3. The molecule has 1 aromatic heterocycles. The zero-order valence-electron chi connectivity index (χ0n) is 19.6. The van der Waals surface area contributed by atoms with Crippen molar-refractivity contribution in [3.63, 3.8) is 0 Å². The van der Waals surface area contributed by atoms with Gasteiger partial charge in [0.05, 0.1) is 22.2 Å². The molecule has 0 aliphatic rings. The van der Waals surface area contributed by atoms with Gasteiger partial charge in [-0.15, -0.1) is 10.2 Å². The number of nitrogens with zero attached hydrogens (tertiary/aromatic N) is 4. The number of halogens is 2. The lowest BCUT2D eigenvalue weighted by atomic mass is 10.2. The molecular weight excluding hydrogens is 533 g/mol. The van der Waals surface area contributed by atoms with Crippen LogP contribution >= 0.6 is 35.0 Å². The summed E-state index contributed by atoms with van der Waals surface area (Å²) in [6.45, 7) is 2.13. The number of hydrogen-bond acceptors (Lipinski definition) is 6. The smallest absolute Gasteiger partial charge is 0.269 e. The number of aromatic nitrogens is 3. The van der Waals surface area contributed by atoms with Gasteiger partial charge in [-0.2, -0.15) is 0 Å². The maximum atomic E-state index is 12.5. The Kier molecular flexibility index (Phi) is 8.60. The van der Waals surface area contributed by atoms with Crippen LogP contribution in [0.1, 0.15) is 22.5 Å². The zero-order chi connectivity index (χ0) is 26.4. The van der Waals surface area contributed by atoms with Gasteiger partial charge in [-0.3, -0.25) is 19.5 Å². The van der Waals surface area contributed by atoms with E-state index in [9.17, 15) is 14.9 Å². The second-order valence-electron chi connectivity index (χ2n) is 8.01. The normalized spacial score (nSPS) is 11.1. The number of thioether (sulfide) groups is 1. The molecule has 0 bridgehead atoms. The van der Waals surface area contributed by atoms with Gasteiger partial charge in [0.1, 0.15) is 0 Å². The number of non-ortho nitro benzene ring substituents is 1. The number of nitro benzene ring substituents is 1. The third-order valence-corrected chi connectivity index (χ3v) is 6.81. The summed E-state index contributed by atoms with van der Waals surface area (Å²) in [5.41, 5.74) is 3.56. The first-order valence-electron chi connectivity index (χ1n) is 11.1. The van der Waals surface area contributed by atoms with Crippen LogP contribution in [0.25, 0.3) is 11.8 Å². The summed E-state index contributed by atoms with van der Waals surface area (Å²) in [5, 5.41) is 23.8. The molecule has 1 heterocycles. The van der Waals surface area contributed by atoms with Crippen molar-refractivity contribution in [3.8, 4) is 5.69 Å². The lowest BCUT2D eigenvalue weighted by Crippen LogP contribution is -2.22. The van der Waals surface area contributed by atoms with Crippen molar-refractivity contribution in [1.29, 1.82) is 0 Å². The van der Waals surface area contributed by atoms with Crippen LogP contribution < -0.4 is 5.32 Å². The van der Waals surface area contributed by atoms with E-state index < -0.39 is 4.92 Å². The van der Waals surface area contributed by atoms with E-state index in [0.717, 1.165) is 5.56 Å². The highest BCUT2D eigenvalue weighted by atomic mass is 35.5. The van der Waals surface area contributed by atoms with Crippen molar-refractivity contribution in [2.24, 2.45) is 0 Å². The molecule has 188 valence electrons. The Bertz CT molecular complexity index is 1470. The van der Waals surface area contributed by atoms with Gasteiger partial charge in [0.25, 0.3) is 5.69 Å². The predicted octanol–water partition coefficient (Wildman–Crippen LogP) is 6.41. The maximum absolute atomic E-state index is 12.5. The third kappa shape index (κ3) is 6.97. The number of carbonyl (C=O) groups excluding carboxylic acids is 1. The minimum atomic E-state index is -0.476. The highest BCUT2D eigenvalue weighted by Gasteiger charge is 2.18. The first-order valence-corrected chi connectivity index (χ1v) is 12.8. The summed E-state index contributed by atoms with van der Waals surface area (Å²) in [6.07, 6.45) is 2.92. The Morgan fingerprint density at radius 2 is 1.89 bits per heavy atom. The van der Waals surface area contributed by atoms with Gasteiger partial charge in [0, 0.05) is 29.0 Å². The summed E-state index contributed by atoms with van der Waals surface area (Å²) in [7, 11) is 0. The van der Waals surface area contributed by atoms with E-state index >= 15 is 0 Å². The molecule has 1 amide bonds. The van der Waals surface area contributed by atoms with E-state index in [2.05, 4.69) is 21.6 Å². The fourth-order valence-corrected chi connectivity index (χ4v) is 4.74. The van der Waals surface area contributed by atoms with E-state index in [1.165, 1.54) is 35.5 Å². The molecule has 0 unspecified atom stereocenters.